The fourth-order valence-electron chi connectivity index (χ4n) is 2.69. The van der Waals surface area contributed by atoms with Crippen LogP contribution in [0.25, 0.3) is 0 Å². The number of hydrogen-bond acceptors (Lipinski definition) is 5. The van der Waals surface area contributed by atoms with Crippen molar-refractivity contribution in [2.24, 2.45) is 5.92 Å². The molecule has 2 heterocycles. The predicted molar refractivity (Wildman–Crippen MR) is 92.1 cm³/mol. The molecule has 1 aliphatic rings. The first-order chi connectivity index (χ1) is 12.1. The summed E-state index contributed by atoms with van der Waals surface area (Å²) in [6, 6.07) is 0. The summed E-state index contributed by atoms with van der Waals surface area (Å²) in [7, 11) is 2.16. The largest absolute Gasteiger partial charge is 0.483 e. The number of nitrogens with zero attached hydrogens (tertiary/aromatic N) is 2. The lowest BCUT2D eigenvalue weighted by Gasteiger charge is -2.29. The van der Waals surface area contributed by atoms with E-state index in [9.17, 15) is 4.79 Å². The van der Waals surface area contributed by atoms with E-state index in [1.807, 2.05) is 0 Å². The van der Waals surface area contributed by atoms with Crippen LogP contribution in [-0.2, 0) is 20.8 Å². The number of carbonyl (C=O) groups excluding carboxylic acids is 1. The van der Waals surface area contributed by atoms with Crippen LogP contribution in [0.2, 0.25) is 0 Å². The van der Waals surface area contributed by atoms with Gasteiger partial charge in [-0.2, -0.15) is 0 Å². The number of H-pyrrole nitrogens is 1. The third kappa shape index (κ3) is 12.6. The molecule has 9 nitrogen and oxygen atoms in total. The molecule has 2 rings (SSSR count). The lowest BCUT2D eigenvalue weighted by atomic mass is 9.93. The topological polar surface area (TPSA) is 136 Å². The monoisotopic (exact) mass is 356 g/mol. The van der Waals surface area contributed by atoms with Gasteiger partial charge in [-0.3, -0.25) is 14.4 Å². The molecule has 1 unspecified atom stereocenters. The fourth-order valence-corrected chi connectivity index (χ4v) is 2.69. The maximum atomic E-state index is 11.7. The Balaban J connectivity index is 0.000000844. The summed E-state index contributed by atoms with van der Waals surface area (Å²) >= 11 is 0. The normalized spacial score (nSPS) is 16.4. The Morgan fingerprint density at radius 1 is 1.44 bits per heavy atom. The van der Waals surface area contributed by atoms with E-state index < -0.39 is 0 Å². The number of aromatic nitrogens is 2. The van der Waals surface area contributed by atoms with Gasteiger partial charge < -0.3 is 25.4 Å². The first-order valence-corrected chi connectivity index (χ1v) is 8.16. The van der Waals surface area contributed by atoms with Gasteiger partial charge in [0.2, 0.25) is 5.91 Å². The molecule has 1 aromatic heterocycles. The Morgan fingerprint density at radius 2 is 2.12 bits per heavy atom. The second-order valence-corrected chi connectivity index (χ2v) is 5.66. The van der Waals surface area contributed by atoms with Crippen LogP contribution < -0.4 is 5.32 Å². The van der Waals surface area contributed by atoms with Gasteiger partial charge in [-0.25, -0.2) is 4.98 Å². The van der Waals surface area contributed by atoms with Gasteiger partial charge >= 0.3 is 0 Å². The highest BCUT2D eigenvalue weighted by Crippen LogP contribution is 2.19. The molecule has 1 atom stereocenters. The number of likely N-dealkylation sites (tertiary alicyclic amines) is 1. The molecule has 4 N–H and O–H groups in total. The molecule has 9 heteroatoms. The van der Waals surface area contributed by atoms with E-state index in [1.165, 1.54) is 19.4 Å². The zero-order chi connectivity index (χ0) is 18.9. The van der Waals surface area contributed by atoms with Gasteiger partial charge in [-0.05, 0) is 38.8 Å². The van der Waals surface area contributed by atoms with Gasteiger partial charge in [0.05, 0.1) is 0 Å². The second-order valence-electron chi connectivity index (χ2n) is 5.66. The minimum Gasteiger partial charge on any atom is -0.483 e. The van der Waals surface area contributed by atoms with Crippen LogP contribution in [0.3, 0.4) is 0 Å². The lowest BCUT2D eigenvalue weighted by Crippen LogP contribution is -2.33. The molecule has 1 aliphatic heterocycles. The van der Waals surface area contributed by atoms with Gasteiger partial charge in [0, 0.05) is 38.3 Å². The second kappa shape index (κ2) is 15.1. The molecule has 0 aromatic carbocycles. The standard InChI is InChI=1S/C14H24N4O.2CH2O2/c1-18-10-2-3-12(11-18)4-5-14(19)17-7-6-13-15-8-9-16-13;2*2-1-3/h8-9,12H,2-7,10-11H2,1H3,(H,15,16)(H,17,19);2*1H,(H,2,3). The van der Waals surface area contributed by atoms with Crippen LogP contribution in [0, 0.1) is 5.92 Å². The summed E-state index contributed by atoms with van der Waals surface area (Å²) in [5.41, 5.74) is 0. The van der Waals surface area contributed by atoms with Crippen molar-refractivity contribution in [3.8, 4) is 0 Å². The van der Waals surface area contributed by atoms with Crippen molar-refractivity contribution in [2.45, 2.75) is 32.1 Å². The molecular weight excluding hydrogens is 328 g/mol. The summed E-state index contributed by atoms with van der Waals surface area (Å²) in [5, 5.41) is 16.7. The number of aromatic amines is 1. The summed E-state index contributed by atoms with van der Waals surface area (Å²) in [5.74, 6) is 1.78. The molecular formula is C16H28N4O5. The molecule has 0 saturated carbocycles. The van der Waals surface area contributed by atoms with Crippen molar-refractivity contribution >= 4 is 18.9 Å². The zero-order valence-corrected chi connectivity index (χ0v) is 14.6. The number of hydrogen-bond donors (Lipinski definition) is 4. The molecule has 25 heavy (non-hydrogen) atoms. The van der Waals surface area contributed by atoms with Crippen LogP contribution in [0.15, 0.2) is 12.4 Å². The smallest absolute Gasteiger partial charge is 0.290 e. The number of amides is 1. The molecule has 0 spiro atoms. The molecule has 1 amide bonds. The highest BCUT2D eigenvalue weighted by atomic mass is 16.3. The number of carboxylic acid groups (broad SMARTS) is 2. The lowest BCUT2D eigenvalue weighted by molar-refractivity contribution is -0.123. The van der Waals surface area contributed by atoms with Crippen LogP contribution in [0.5, 0.6) is 0 Å². The first-order valence-electron chi connectivity index (χ1n) is 8.16. The van der Waals surface area contributed by atoms with Gasteiger partial charge in [-0.1, -0.05) is 0 Å². The maximum Gasteiger partial charge on any atom is 0.290 e. The van der Waals surface area contributed by atoms with Crippen LogP contribution in [0.1, 0.15) is 31.5 Å². The summed E-state index contributed by atoms with van der Waals surface area (Å²) in [6.07, 6.45) is 8.50. The van der Waals surface area contributed by atoms with Crippen LogP contribution >= 0.6 is 0 Å². The van der Waals surface area contributed by atoms with Crippen molar-refractivity contribution < 1.29 is 24.6 Å². The van der Waals surface area contributed by atoms with E-state index >= 15 is 0 Å². The molecule has 0 radical (unpaired) electrons. The van der Waals surface area contributed by atoms with Crippen LogP contribution in [-0.4, -0.2) is 70.6 Å². The van der Waals surface area contributed by atoms with E-state index in [1.54, 1.807) is 12.4 Å². The molecule has 1 saturated heterocycles. The zero-order valence-electron chi connectivity index (χ0n) is 14.6. The van der Waals surface area contributed by atoms with E-state index in [0.29, 0.717) is 18.9 Å². The molecule has 1 aromatic rings. The van der Waals surface area contributed by atoms with Gasteiger partial charge in [0.25, 0.3) is 12.9 Å². The SMILES string of the molecule is CN1CCCC(CCC(=O)NCCc2ncc[nH]2)C1.O=CO.O=CO. The number of rotatable bonds is 6. The summed E-state index contributed by atoms with van der Waals surface area (Å²) < 4.78 is 0. The number of nitrogens with one attached hydrogen (secondary N) is 2. The number of carbonyl (C=O) groups is 3. The number of piperidine rings is 1. The summed E-state index contributed by atoms with van der Waals surface area (Å²) in [4.78, 5) is 38.0. The Morgan fingerprint density at radius 3 is 2.68 bits per heavy atom. The highest BCUT2D eigenvalue weighted by Gasteiger charge is 2.17. The average Bonchev–Trinajstić information content (AvgIpc) is 3.08. The number of imidazole rings is 1. The van der Waals surface area contributed by atoms with E-state index in [2.05, 4.69) is 27.2 Å². The Labute approximate surface area is 147 Å². The molecule has 142 valence electrons. The van der Waals surface area contributed by atoms with Crippen molar-refractivity contribution in [3.05, 3.63) is 18.2 Å². The predicted octanol–water partition coefficient (Wildman–Crippen LogP) is 0.592. The Kier molecular flexibility index (Phi) is 13.7. The molecule has 1 fully saturated rings. The maximum absolute atomic E-state index is 11.7. The quantitative estimate of drug-likeness (QED) is 0.548. The molecule has 0 bridgehead atoms. The van der Waals surface area contributed by atoms with Crippen molar-refractivity contribution in [1.29, 1.82) is 0 Å². The van der Waals surface area contributed by atoms with Crippen molar-refractivity contribution in [3.63, 3.8) is 0 Å². The average molecular weight is 356 g/mol. The van der Waals surface area contributed by atoms with E-state index in [0.717, 1.165) is 25.2 Å². The van der Waals surface area contributed by atoms with Gasteiger partial charge in [-0.15, -0.1) is 0 Å². The Hall–Kier alpha value is -2.42. The van der Waals surface area contributed by atoms with Gasteiger partial charge in [0.15, 0.2) is 0 Å². The minimum absolute atomic E-state index is 0.166. The highest BCUT2D eigenvalue weighted by molar-refractivity contribution is 5.75. The van der Waals surface area contributed by atoms with Gasteiger partial charge in [0.1, 0.15) is 5.82 Å². The first kappa shape index (κ1) is 22.6. The third-order valence-corrected chi connectivity index (χ3v) is 3.74. The van der Waals surface area contributed by atoms with Crippen molar-refractivity contribution in [1.82, 2.24) is 20.2 Å². The van der Waals surface area contributed by atoms with Crippen LogP contribution in [0.4, 0.5) is 0 Å². The van der Waals surface area contributed by atoms with Crippen molar-refractivity contribution in [2.75, 3.05) is 26.7 Å². The summed E-state index contributed by atoms with van der Waals surface area (Å²) in [6.45, 7) is 2.50. The Bertz CT molecular complexity index is 461. The minimum atomic E-state index is -0.250. The molecule has 0 aliphatic carbocycles. The third-order valence-electron chi connectivity index (χ3n) is 3.74. The van der Waals surface area contributed by atoms with E-state index in [-0.39, 0.29) is 18.9 Å². The fraction of sp³-hybridized carbons (Fsp3) is 0.625. The van der Waals surface area contributed by atoms with E-state index in [4.69, 9.17) is 19.8 Å².